The van der Waals surface area contributed by atoms with E-state index >= 15 is 0 Å². The van der Waals surface area contributed by atoms with Gasteiger partial charge in [0.1, 0.15) is 6.61 Å². The second kappa shape index (κ2) is 6.03. The summed E-state index contributed by atoms with van der Waals surface area (Å²) in [7, 11) is 1.36. The summed E-state index contributed by atoms with van der Waals surface area (Å²) in [5.74, 6) is 0. The van der Waals surface area contributed by atoms with E-state index in [1.165, 1.54) is 7.05 Å². The van der Waals surface area contributed by atoms with Gasteiger partial charge in [-0.25, -0.2) is 4.79 Å². The fourth-order valence-corrected chi connectivity index (χ4v) is 1.00. The summed E-state index contributed by atoms with van der Waals surface area (Å²) in [6.45, 7) is -2.72. The summed E-state index contributed by atoms with van der Waals surface area (Å²) < 4.78 is 18.8. The van der Waals surface area contributed by atoms with Crippen molar-refractivity contribution in [2.45, 2.75) is 6.61 Å². The first-order valence-corrected chi connectivity index (χ1v) is 4.53. The normalized spacial score (nSPS) is 12.7. The molecule has 0 saturated heterocycles. The lowest BCUT2D eigenvalue weighted by Crippen LogP contribution is -2.29. The summed E-state index contributed by atoms with van der Waals surface area (Å²) >= 11 is 0. The van der Waals surface area contributed by atoms with Crippen molar-refractivity contribution in [1.29, 1.82) is 0 Å². The molecule has 0 radical (unpaired) electrons. The zero-order chi connectivity index (χ0) is 12.9. The zero-order valence-electron chi connectivity index (χ0n) is 10.5. The van der Waals surface area contributed by atoms with Gasteiger partial charge >= 0.3 is 6.09 Å². The first-order chi connectivity index (χ1) is 7.88. The van der Waals surface area contributed by atoms with Crippen LogP contribution in [0.15, 0.2) is 30.3 Å². The van der Waals surface area contributed by atoms with Gasteiger partial charge < -0.3 is 14.7 Å². The van der Waals surface area contributed by atoms with Gasteiger partial charge in [0.15, 0.2) is 0 Å². The fourth-order valence-electron chi connectivity index (χ4n) is 1.00. The van der Waals surface area contributed by atoms with Gasteiger partial charge in [-0.15, -0.1) is 0 Å². The van der Waals surface area contributed by atoms with Crippen LogP contribution in [0.5, 0.6) is 0 Å². The largest absolute Gasteiger partial charge is 0.445 e. The molecule has 4 nitrogen and oxygen atoms in total. The molecule has 0 spiro atoms. The maximum atomic E-state index is 11.4. The van der Waals surface area contributed by atoms with E-state index in [0.29, 0.717) is 0 Å². The molecule has 0 bridgehead atoms. The maximum absolute atomic E-state index is 11.4. The van der Waals surface area contributed by atoms with Crippen molar-refractivity contribution in [3.63, 3.8) is 0 Å². The lowest BCUT2D eigenvalue weighted by Gasteiger charge is -2.15. The summed E-state index contributed by atoms with van der Waals surface area (Å²) in [5, 5.41) is 8.91. The molecule has 1 amide bonds. The highest BCUT2D eigenvalue weighted by Gasteiger charge is 2.08. The molecule has 0 aliphatic rings. The second-order valence-corrected chi connectivity index (χ2v) is 3.05. The van der Waals surface area contributed by atoms with Gasteiger partial charge in [0.05, 0.1) is 9.30 Å². The molecule has 0 aromatic heterocycles. The minimum Gasteiger partial charge on any atom is -0.445 e. The Hall–Kier alpha value is -1.55. The maximum Gasteiger partial charge on any atom is 0.409 e. The predicted molar refractivity (Wildman–Crippen MR) is 56.3 cm³/mol. The zero-order valence-corrected chi connectivity index (χ0v) is 8.51. The summed E-state index contributed by atoms with van der Waals surface area (Å²) in [5.41, 5.74) is 0.848. The van der Waals surface area contributed by atoms with Crippen LogP contribution in [0.1, 0.15) is 8.30 Å². The Kier molecular flexibility index (Phi) is 3.51. The van der Waals surface area contributed by atoms with Gasteiger partial charge in [0.25, 0.3) is 0 Å². The number of carbonyl (C=O) groups excluding carboxylic acids is 1. The quantitative estimate of drug-likeness (QED) is 0.815. The topological polar surface area (TPSA) is 49.8 Å². The number of aliphatic hydroxyl groups is 1. The van der Waals surface area contributed by atoms with Gasteiger partial charge in [-0.05, 0) is 5.56 Å². The lowest BCUT2D eigenvalue weighted by molar-refractivity contribution is 0.0978. The molecule has 0 unspecified atom stereocenters. The number of hydrogen-bond acceptors (Lipinski definition) is 3. The molecular formula is C11H15NO3. The van der Waals surface area contributed by atoms with Gasteiger partial charge in [-0.2, -0.15) is 0 Å². The van der Waals surface area contributed by atoms with Crippen molar-refractivity contribution in [2.75, 3.05) is 20.2 Å². The first kappa shape index (κ1) is 8.73. The molecule has 82 valence electrons. The van der Waals surface area contributed by atoms with E-state index in [1.807, 2.05) is 30.3 Å². The first-order valence-electron chi connectivity index (χ1n) is 5.53. The van der Waals surface area contributed by atoms with Gasteiger partial charge in [0, 0.05) is 13.6 Å². The van der Waals surface area contributed by atoms with Crippen molar-refractivity contribution < 1.29 is 17.4 Å². The van der Waals surface area contributed by atoms with Gasteiger partial charge in [0.2, 0.25) is 0 Å². The van der Waals surface area contributed by atoms with Crippen LogP contribution in [0.25, 0.3) is 0 Å². The lowest BCUT2D eigenvalue weighted by atomic mass is 10.2. The molecule has 0 aliphatic carbocycles. The Balaban J connectivity index is 2.40. The minimum absolute atomic E-state index is 0.123. The summed E-state index contributed by atoms with van der Waals surface area (Å²) in [4.78, 5) is 12.4. The SMILES string of the molecule is [2H]C([2H])(O)CN(C)C(=O)OCc1ccccc1. The Morgan fingerprint density at radius 2 is 2.20 bits per heavy atom. The Bertz CT molecular complexity index is 365. The molecule has 0 aliphatic heterocycles. The van der Waals surface area contributed by atoms with Crippen LogP contribution in [0, 0.1) is 0 Å². The van der Waals surface area contributed by atoms with Crippen LogP contribution in [0.4, 0.5) is 4.79 Å². The monoisotopic (exact) mass is 211 g/mol. The number of ether oxygens (including phenoxy) is 1. The average Bonchev–Trinajstić information content (AvgIpc) is 2.25. The standard InChI is InChI=1S/C11H15NO3/c1-12(7-8-13)11(14)15-9-10-5-3-2-4-6-10/h2-6,13H,7-9H2,1H3/i8D2. The van der Waals surface area contributed by atoms with E-state index in [0.717, 1.165) is 10.5 Å². The molecule has 1 aromatic carbocycles. The van der Waals surface area contributed by atoms with Crippen LogP contribution < -0.4 is 0 Å². The van der Waals surface area contributed by atoms with Crippen molar-refractivity contribution >= 4 is 6.09 Å². The number of hydrogen-bond donors (Lipinski definition) is 1. The van der Waals surface area contributed by atoms with Crippen LogP contribution in [-0.2, 0) is 11.3 Å². The fraction of sp³-hybridized carbons (Fsp3) is 0.364. The van der Waals surface area contributed by atoms with Gasteiger partial charge in [-0.1, -0.05) is 30.3 Å². The Morgan fingerprint density at radius 1 is 1.53 bits per heavy atom. The highest BCUT2D eigenvalue weighted by atomic mass is 16.6. The third-order valence-corrected chi connectivity index (χ3v) is 1.82. The molecule has 1 N–H and O–H groups in total. The Labute approximate surface area is 91.9 Å². The highest BCUT2D eigenvalue weighted by Crippen LogP contribution is 2.01. The van der Waals surface area contributed by atoms with Crippen molar-refractivity contribution in [3.05, 3.63) is 35.9 Å². The van der Waals surface area contributed by atoms with Gasteiger partial charge in [-0.3, -0.25) is 0 Å². The van der Waals surface area contributed by atoms with E-state index in [9.17, 15) is 4.79 Å². The number of likely N-dealkylation sites (N-methyl/N-ethyl adjacent to an activating group) is 1. The van der Waals surface area contributed by atoms with Crippen molar-refractivity contribution in [2.24, 2.45) is 0 Å². The molecule has 0 fully saturated rings. The molecule has 1 rings (SSSR count). The number of benzene rings is 1. The van der Waals surface area contributed by atoms with E-state index in [4.69, 9.17) is 12.6 Å². The summed E-state index contributed by atoms with van der Waals surface area (Å²) in [6, 6.07) is 9.16. The summed E-state index contributed by atoms with van der Waals surface area (Å²) in [6.07, 6.45) is -0.674. The third-order valence-electron chi connectivity index (χ3n) is 1.82. The van der Waals surface area contributed by atoms with E-state index in [-0.39, 0.29) is 6.61 Å². The minimum atomic E-state index is -2.42. The number of rotatable bonds is 4. The average molecular weight is 211 g/mol. The number of carbonyl (C=O) groups is 1. The molecular weight excluding hydrogens is 194 g/mol. The Morgan fingerprint density at radius 3 is 2.80 bits per heavy atom. The van der Waals surface area contributed by atoms with E-state index in [1.54, 1.807) is 0 Å². The highest BCUT2D eigenvalue weighted by molar-refractivity contribution is 5.67. The smallest absolute Gasteiger partial charge is 0.409 e. The molecule has 0 saturated carbocycles. The molecule has 0 atom stereocenters. The predicted octanol–water partition coefficient (Wildman–Crippen LogP) is 1.25. The molecule has 4 heteroatoms. The molecule has 15 heavy (non-hydrogen) atoms. The number of nitrogens with zero attached hydrogens (tertiary/aromatic N) is 1. The van der Waals surface area contributed by atoms with Crippen LogP contribution in [-0.4, -0.2) is 36.3 Å². The van der Waals surface area contributed by atoms with Crippen molar-refractivity contribution in [3.8, 4) is 0 Å². The van der Waals surface area contributed by atoms with Crippen molar-refractivity contribution in [1.82, 2.24) is 4.90 Å². The van der Waals surface area contributed by atoms with E-state index < -0.39 is 19.2 Å². The third kappa shape index (κ3) is 3.99. The van der Waals surface area contributed by atoms with Crippen LogP contribution in [0.2, 0.25) is 0 Å². The van der Waals surface area contributed by atoms with Crippen LogP contribution in [0.3, 0.4) is 0 Å². The second-order valence-electron chi connectivity index (χ2n) is 3.05. The molecule has 0 heterocycles. The number of amides is 1. The van der Waals surface area contributed by atoms with E-state index in [2.05, 4.69) is 0 Å². The molecule has 1 aromatic rings. The van der Waals surface area contributed by atoms with Crippen LogP contribution >= 0.6 is 0 Å².